The molecule has 1 saturated heterocycles. The van der Waals surface area contributed by atoms with E-state index in [1.807, 2.05) is 11.8 Å². The van der Waals surface area contributed by atoms with Crippen LogP contribution in [-0.4, -0.2) is 34.6 Å². The molecule has 24 heavy (non-hydrogen) atoms. The molecule has 3 rings (SSSR count). The zero-order valence-corrected chi connectivity index (χ0v) is 13.5. The van der Waals surface area contributed by atoms with Crippen LogP contribution < -0.4 is 10.2 Å². The molecule has 1 unspecified atom stereocenters. The van der Waals surface area contributed by atoms with E-state index in [1.165, 1.54) is 12.3 Å². The minimum atomic E-state index is -1.27. The van der Waals surface area contributed by atoms with Crippen LogP contribution in [0.15, 0.2) is 30.6 Å². The first kappa shape index (κ1) is 16.3. The van der Waals surface area contributed by atoms with Gasteiger partial charge >= 0.3 is 0 Å². The molecule has 126 valence electrons. The van der Waals surface area contributed by atoms with Gasteiger partial charge in [-0.15, -0.1) is 0 Å². The van der Waals surface area contributed by atoms with Crippen LogP contribution in [0.4, 0.5) is 20.3 Å². The number of nitrogens with one attached hydrogen (secondary N) is 1. The number of alkyl halides is 1. The van der Waals surface area contributed by atoms with Crippen molar-refractivity contribution in [2.45, 2.75) is 25.9 Å². The molecule has 2 aromatic heterocycles. The molecule has 1 aliphatic heterocycles. The number of halogens is 2. The first-order valence-electron chi connectivity index (χ1n) is 7.68. The number of carbonyl (C=O) groups excluding carboxylic acids is 1. The third-order valence-corrected chi connectivity index (χ3v) is 4.09. The van der Waals surface area contributed by atoms with E-state index >= 15 is 0 Å². The maximum absolute atomic E-state index is 14.1. The smallest absolute Gasteiger partial charge is 0.257 e. The fraction of sp³-hybridized carbons (Fsp3) is 0.353. The highest BCUT2D eigenvalue weighted by Gasteiger charge is 2.35. The monoisotopic (exact) mass is 332 g/mol. The highest BCUT2D eigenvalue weighted by atomic mass is 19.1. The van der Waals surface area contributed by atoms with Crippen molar-refractivity contribution < 1.29 is 13.6 Å². The topological polar surface area (TPSA) is 58.1 Å². The van der Waals surface area contributed by atoms with Crippen molar-refractivity contribution in [2.24, 2.45) is 0 Å². The van der Waals surface area contributed by atoms with E-state index in [-0.39, 0.29) is 12.1 Å². The first-order chi connectivity index (χ1) is 11.4. The highest BCUT2D eigenvalue weighted by Crippen LogP contribution is 2.34. The van der Waals surface area contributed by atoms with Crippen molar-refractivity contribution in [2.75, 3.05) is 23.3 Å². The Kier molecular flexibility index (Phi) is 4.17. The second kappa shape index (κ2) is 6.14. The summed E-state index contributed by atoms with van der Waals surface area (Å²) in [6, 6.07) is 4.26. The summed E-state index contributed by atoms with van der Waals surface area (Å²) in [4.78, 5) is 22.0. The highest BCUT2D eigenvalue weighted by molar-refractivity contribution is 6.06. The number of pyridine rings is 2. The maximum atomic E-state index is 14.1. The number of hydrogen-bond donors (Lipinski definition) is 1. The molecule has 1 fully saturated rings. The first-order valence-corrected chi connectivity index (χ1v) is 7.68. The Morgan fingerprint density at radius 3 is 2.75 bits per heavy atom. The van der Waals surface area contributed by atoms with Gasteiger partial charge in [0.25, 0.3) is 5.91 Å². The Morgan fingerprint density at radius 1 is 1.33 bits per heavy atom. The van der Waals surface area contributed by atoms with Crippen LogP contribution in [0.3, 0.4) is 0 Å². The Balaban J connectivity index is 1.88. The van der Waals surface area contributed by atoms with Gasteiger partial charge in [0.2, 0.25) is 5.95 Å². The Bertz CT molecular complexity index is 762. The zero-order chi connectivity index (χ0) is 17.3. The number of aryl methyl sites for hydroxylation is 1. The minimum absolute atomic E-state index is 0.227. The molecule has 0 spiro atoms. The molecule has 3 heterocycles. The van der Waals surface area contributed by atoms with E-state index < -0.39 is 17.5 Å². The summed E-state index contributed by atoms with van der Waals surface area (Å²) >= 11 is 0. The number of hydrogen-bond acceptors (Lipinski definition) is 4. The van der Waals surface area contributed by atoms with Crippen LogP contribution in [0.2, 0.25) is 0 Å². The molecule has 0 radical (unpaired) electrons. The second-order valence-electron chi connectivity index (χ2n) is 6.24. The van der Waals surface area contributed by atoms with E-state index in [9.17, 15) is 13.6 Å². The van der Waals surface area contributed by atoms with Gasteiger partial charge in [-0.3, -0.25) is 4.79 Å². The zero-order valence-electron chi connectivity index (χ0n) is 13.5. The van der Waals surface area contributed by atoms with Crippen molar-refractivity contribution in [1.29, 1.82) is 0 Å². The summed E-state index contributed by atoms with van der Waals surface area (Å²) in [5.74, 6) is -0.522. The summed E-state index contributed by atoms with van der Waals surface area (Å²) in [5.41, 5.74) is 0.316. The van der Waals surface area contributed by atoms with Gasteiger partial charge in [-0.1, -0.05) is 0 Å². The summed E-state index contributed by atoms with van der Waals surface area (Å²) in [5, 5.41) is 2.79. The molecular formula is C17H18F2N4O. The van der Waals surface area contributed by atoms with Crippen molar-refractivity contribution in [1.82, 2.24) is 9.97 Å². The molecule has 1 N–H and O–H groups in total. The summed E-state index contributed by atoms with van der Waals surface area (Å²) in [6.07, 6.45) is 3.22. The lowest BCUT2D eigenvalue weighted by atomic mass is 10.1. The lowest BCUT2D eigenvalue weighted by Crippen LogP contribution is -2.28. The Labute approximate surface area is 138 Å². The number of nitrogens with zero attached hydrogens (tertiary/aromatic N) is 3. The van der Waals surface area contributed by atoms with Crippen LogP contribution in [0.25, 0.3) is 0 Å². The largest absolute Gasteiger partial charge is 0.352 e. The molecule has 5 nitrogen and oxygen atoms in total. The van der Waals surface area contributed by atoms with Gasteiger partial charge in [-0.05, 0) is 37.6 Å². The van der Waals surface area contributed by atoms with E-state index in [0.29, 0.717) is 24.5 Å². The Hall–Kier alpha value is -2.57. The van der Waals surface area contributed by atoms with Gasteiger partial charge in [0, 0.05) is 25.4 Å². The lowest BCUT2D eigenvalue weighted by molar-refractivity contribution is 0.102. The van der Waals surface area contributed by atoms with Crippen LogP contribution >= 0.6 is 0 Å². The quantitative estimate of drug-likeness (QED) is 0.878. The van der Waals surface area contributed by atoms with Crippen molar-refractivity contribution >= 4 is 17.4 Å². The number of anilines is 2. The van der Waals surface area contributed by atoms with Crippen LogP contribution in [0.5, 0.6) is 0 Å². The van der Waals surface area contributed by atoms with Crippen LogP contribution in [0, 0.1) is 12.9 Å². The normalized spacial score (nSPS) is 20.2. The van der Waals surface area contributed by atoms with E-state index in [4.69, 9.17) is 0 Å². The predicted molar refractivity (Wildman–Crippen MR) is 87.5 cm³/mol. The summed E-state index contributed by atoms with van der Waals surface area (Å²) in [6.45, 7) is 4.16. The van der Waals surface area contributed by atoms with Crippen LogP contribution in [0.1, 0.15) is 29.3 Å². The number of carbonyl (C=O) groups is 1. The maximum Gasteiger partial charge on any atom is 0.257 e. The number of rotatable bonds is 3. The van der Waals surface area contributed by atoms with Crippen molar-refractivity contribution in [3.8, 4) is 0 Å². The van der Waals surface area contributed by atoms with Crippen molar-refractivity contribution in [3.63, 3.8) is 0 Å². The fourth-order valence-electron chi connectivity index (χ4n) is 2.74. The molecule has 0 aliphatic carbocycles. The molecule has 7 heteroatoms. The van der Waals surface area contributed by atoms with Crippen molar-refractivity contribution in [3.05, 3.63) is 47.7 Å². The fourth-order valence-corrected chi connectivity index (χ4v) is 2.74. The minimum Gasteiger partial charge on any atom is -0.352 e. The van der Waals surface area contributed by atoms with E-state index in [2.05, 4.69) is 15.3 Å². The molecule has 1 aliphatic rings. The average molecular weight is 332 g/mol. The molecular weight excluding hydrogens is 314 g/mol. The van der Waals surface area contributed by atoms with Gasteiger partial charge < -0.3 is 10.2 Å². The third-order valence-electron chi connectivity index (χ3n) is 4.09. The van der Waals surface area contributed by atoms with Gasteiger partial charge in [-0.2, -0.15) is 4.39 Å². The SMILES string of the molecule is Cc1ccnc(N2CCC(C)(F)C2)c1NC(=O)c1ccc(F)nc1. The molecule has 0 bridgehead atoms. The number of aromatic nitrogens is 2. The van der Waals surface area contributed by atoms with E-state index in [1.54, 1.807) is 19.2 Å². The van der Waals surface area contributed by atoms with Gasteiger partial charge in [0.05, 0.1) is 17.8 Å². The molecule has 0 saturated carbocycles. The summed E-state index contributed by atoms with van der Waals surface area (Å²) < 4.78 is 27.0. The molecule has 0 aromatic carbocycles. The standard InChI is InChI=1S/C17H18F2N4O/c1-11-5-7-20-15(23-8-6-17(2,19)10-23)14(11)22-16(24)12-3-4-13(18)21-9-12/h3-5,7,9H,6,8,10H2,1-2H3,(H,22,24). The van der Waals surface area contributed by atoms with Crippen LogP contribution in [-0.2, 0) is 0 Å². The molecule has 1 atom stereocenters. The predicted octanol–water partition coefficient (Wildman–Crippen LogP) is 3.11. The Morgan fingerprint density at radius 2 is 2.12 bits per heavy atom. The van der Waals surface area contributed by atoms with Gasteiger partial charge in [0.15, 0.2) is 5.82 Å². The summed E-state index contributed by atoms with van der Waals surface area (Å²) in [7, 11) is 0. The van der Waals surface area contributed by atoms with E-state index in [0.717, 1.165) is 11.6 Å². The van der Waals surface area contributed by atoms with Gasteiger partial charge in [-0.25, -0.2) is 14.4 Å². The second-order valence-corrected chi connectivity index (χ2v) is 6.24. The molecule has 2 aromatic rings. The lowest BCUT2D eigenvalue weighted by Gasteiger charge is -2.22. The number of amides is 1. The van der Waals surface area contributed by atoms with Gasteiger partial charge in [0.1, 0.15) is 5.67 Å². The third kappa shape index (κ3) is 3.34. The average Bonchev–Trinajstić information content (AvgIpc) is 2.90. The molecule has 1 amide bonds.